The first-order valence-electron chi connectivity index (χ1n) is 5.17. The van der Waals surface area contributed by atoms with Crippen LogP contribution in [0.2, 0.25) is 5.15 Å². The van der Waals surface area contributed by atoms with Crippen LogP contribution >= 0.6 is 11.6 Å². The molecule has 2 heterocycles. The number of hydrogen-bond acceptors (Lipinski definition) is 3. The molecule has 5 nitrogen and oxygen atoms in total. The number of nitrogens with zero attached hydrogens (tertiary/aromatic N) is 3. The zero-order valence-electron chi connectivity index (χ0n) is 8.73. The highest BCUT2D eigenvalue weighted by Crippen LogP contribution is 2.07. The lowest BCUT2D eigenvalue weighted by atomic mass is 10.4. The first kappa shape index (κ1) is 11.1. The number of carbonyl (C=O) groups is 1. The smallest absolute Gasteiger partial charge is 0.288 e. The van der Waals surface area contributed by atoms with Gasteiger partial charge in [0.2, 0.25) is 5.91 Å². The van der Waals surface area contributed by atoms with E-state index in [1.165, 1.54) is 17.0 Å². The number of hydrogen-bond donors (Lipinski definition) is 0. The molecule has 1 fully saturated rings. The van der Waals surface area contributed by atoms with Gasteiger partial charge in [0.25, 0.3) is 5.56 Å². The summed E-state index contributed by atoms with van der Waals surface area (Å²) < 4.78 is 1.29. The van der Waals surface area contributed by atoms with Crippen molar-refractivity contribution in [3.63, 3.8) is 0 Å². The molecule has 6 heteroatoms. The number of carbonyl (C=O) groups excluding carboxylic acids is 1. The lowest BCUT2D eigenvalue weighted by Gasteiger charge is -2.15. The Morgan fingerprint density at radius 1 is 1.44 bits per heavy atom. The van der Waals surface area contributed by atoms with Gasteiger partial charge in [-0.15, -0.1) is 0 Å². The molecule has 1 aromatic heterocycles. The van der Waals surface area contributed by atoms with Crippen molar-refractivity contribution in [2.45, 2.75) is 19.4 Å². The summed E-state index contributed by atoms with van der Waals surface area (Å²) in [6.07, 6.45) is 4.97. The maximum Gasteiger partial charge on any atom is 0.288 e. The highest BCUT2D eigenvalue weighted by atomic mass is 35.5. The monoisotopic (exact) mass is 241 g/mol. The Bertz CT molecular complexity index is 452. The lowest BCUT2D eigenvalue weighted by Crippen LogP contribution is -2.34. The molecule has 0 aliphatic carbocycles. The van der Waals surface area contributed by atoms with Crippen LogP contribution in [0.5, 0.6) is 0 Å². The lowest BCUT2D eigenvalue weighted by molar-refractivity contribution is -0.130. The number of amides is 1. The third-order valence-corrected chi connectivity index (χ3v) is 2.90. The predicted octanol–water partition coefficient (Wildman–Crippen LogP) is 0.519. The van der Waals surface area contributed by atoms with Gasteiger partial charge in [0.05, 0.1) is 0 Å². The molecule has 0 aromatic carbocycles. The predicted molar refractivity (Wildman–Crippen MR) is 59.3 cm³/mol. The van der Waals surface area contributed by atoms with Crippen molar-refractivity contribution in [2.24, 2.45) is 0 Å². The van der Waals surface area contributed by atoms with Gasteiger partial charge in [-0.2, -0.15) is 0 Å². The molecule has 1 aliphatic heterocycles. The largest absolute Gasteiger partial charge is 0.341 e. The minimum absolute atomic E-state index is 0.0399. The molecule has 16 heavy (non-hydrogen) atoms. The fourth-order valence-electron chi connectivity index (χ4n) is 1.76. The van der Waals surface area contributed by atoms with E-state index in [9.17, 15) is 9.59 Å². The molecular formula is C10H12ClN3O2. The number of aromatic nitrogens is 2. The average Bonchev–Trinajstić information content (AvgIpc) is 2.78. The van der Waals surface area contributed by atoms with E-state index in [2.05, 4.69) is 4.98 Å². The van der Waals surface area contributed by atoms with Gasteiger partial charge in [0.1, 0.15) is 6.54 Å². The molecule has 1 aliphatic rings. The van der Waals surface area contributed by atoms with E-state index in [-0.39, 0.29) is 17.6 Å². The average molecular weight is 242 g/mol. The number of likely N-dealkylation sites (tertiary alicyclic amines) is 1. The number of halogens is 1. The second kappa shape index (κ2) is 4.65. The van der Waals surface area contributed by atoms with Crippen LogP contribution in [-0.4, -0.2) is 33.4 Å². The van der Waals surface area contributed by atoms with Gasteiger partial charge < -0.3 is 9.47 Å². The zero-order valence-corrected chi connectivity index (χ0v) is 9.48. The normalized spacial score (nSPS) is 15.4. The van der Waals surface area contributed by atoms with Crippen LogP contribution in [0.3, 0.4) is 0 Å². The zero-order chi connectivity index (χ0) is 11.5. The molecule has 0 bridgehead atoms. The Balaban J connectivity index is 2.11. The summed E-state index contributed by atoms with van der Waals surface area (Å²) in [6, 6.07) is 0. The molecule has 0 saturated carbocycles. The van der Waals surface area contributed by atoms with Crippen LogP contribution in [0, 0.1) is 0 Å². The van der Waals surface area contributed by atoms with Crippen molar-refractivity contribution in [3.05, 3.63) is 27.9 Å². The second-order valence-corrected chi connectivity index (χ2v) is 4.10. The Kier molecular flexibility index (Phi) is 3.24. The van der Waals surface area contributed by atoms with Crippen molar-refractivity contribution in [1.82, 2.24) is 14.5 Å². The highest BCUT2D eigenvalue weighted by Gasteiger charge is 2.18. The van der Waals surface area contributed by atoms with E-state index in [0.717, 1.165) is 25.9 Å². The summed E-state index contributed by atoms with van der Waals surface area (Å²) in [5.41, 5.74) is -0.420. The van der Waals surface area contributed by atoms with Crippen LogP contribution in [-0.2, 0) is 11.3 Å². The topological polar surface area (TPSA) is 55.2 Å². The van der Waals surface area contributed by atoms with E-state index in [1.807, 2.05) is 0 Å². The van der Waals surface area contributed by atoms with E-state index >= 15 is 0 Å². The van der Waals surface area contributed by atoms with Gasteiger partial charge in [0, 0.05) is 25.5 Å². The molecule has 1 amide bonds. The van der Waals surface area contributed by atoms with Gasteiger partial charge >= 0.3 is 0 Å². The Morgan fingerprint density at radius 2 is 2.12 bits per heavy atom. The Hall–Kier alpha value is -1.36. The van der Waals surface area contributed by atoms with Crippen LogP contribution in [0.15, 0.2) is 17.2 Å². The summed E-state index contributed by atoms with van der Waals surface area (Å²) in [4.78, 5) is 28.7. The molecule has 86 valence electrons. The van der Waals surface area contributed by atoms with Gasteiger partial charge in [-0.05, 0) is 12.8 Å². The van der Waals surface area contributed by atoms with Crippen LogP contribution in [0.25, 0.3) is 0 Å². The first-order chi connectivity index (χ1) is 7.68. The minimum atomic E-state index is -0.420. The maximum absolute atomic E-state index is 11.8. The molecule has 0 unspecified atom stereocenters. The number of rotatable bonds is 2. The van der Waals surface area contributed by atoms with Crippen LogP contribution in [0.1, 0.15) is 12.8 Å². The van der Waals surface area contributed by atoms with Gasteiger partial charge in [-0.1, -0.05) is 11.6 Å². The maximum atomic E-state index is 11.8. The van der Waals surface area contributed by atoms with E-state index in [0.29, 0.717) is 0 Å². The summed E-state index contributed by atoms with van der Waals surface area (Å²) >= 11 is 5.59. The van der Waals surface area contributed by atoms with Crippen molar-refractivity contribution in [1.29, 1.82) is 0 Å². The summed E-state index contributed by atoms with van der Waals surface area (Å²) in [6.45, 7) is 1.61. The third-order valence-electron chi connectivity index (χ3n) is 2.64. The molecule has 1 aromatic rings. The van der Waals surface area contributed by atoms with Crippen LogP contribution in [0.4, 0.5) is 0 Å². The standard InChI is InChI=1S/C10H12ClN3O2/c11-9-10(16)14(6-3-12-9)7-8(15)13-4-1-2-5-13/h3,6H,1-2,4-5,7H2. The first-order valence-corrected chi connectivity index (χ1v) is 5.55. The quantitative estimate of drug-likeness (QED) is 0.759. The minimum Gasteiger partial charge on any atom is -0.341 e. The van der Waals surface area contributed by atoms with Crippen molar-refractivity contribution in [3.8, 4) is 0 Å². The van der Waals surface area contributed by atoms with Crippen LogP contribution < -0.4 is 5.56 Å². The third kappa shape index (κ3) is 2.24. The SMILES string of the molecule is O=C(Cn1ccnc(Cl)c1=O)N1CCCC1. The summed E-state index contributed by atoms with van der Waals surface area (Å²) in [5.74, 6) is -0.0399. The van der Waals surface area contributed by atoms with Crippen molar-refractivity contribution in [2.75, 3.05) is 13.1 Å². The highest BCUT2D eigenvalue weighted by molar-refractivity contribution is 6.29. The second-order valence-electron chi connectivity index (χ2n) is 3.74. The fraction of sp³-hybridized carbons (Fsp3) is 0.500. The molecule has 0 atom stereocenters. The van der Waals surface area contributed by atoms with Gasteiger partial charge in [-0.25, -0.2) is 4.98 Å². The molecule has 0 radical (unpaired) electrons. The summed E-state index contributed by atoms with van der Waals surface area (Å²) in [7, 11) is 0. The Labute approximate surface area is 97.7 Å². The fourth-order valence-corrected chi connectivity index (χ4v) is 1.92. The van der Waals surface area contributed by atoms with Crippen molar-refractivity contribution >= 4 is 17.5 Å². The van der Waals surface area contributed by atoms with Gasteiger partial charge in [-0.3, -0.25) is 9.59 Å². The van der Waals surface area contributed by atoms with Crippen molar-refractivity contribution < 1.29 is 4.79 Å². The summed E-state index contributed by atoms with van der Waals surface area (Å²) in [5, 5.41) is -0.100. The van der Waals surface area contributed by atoms with E-state index in [1.54, 1.807) is 4.90 Å². The Morgan fingerprint density at radius 3 is 2.81 bits per heavy atom. The molecular weight excluding hydrogens is 230 g/mol. The molecule has 0 spiro atoms. The van der Waals surface area contributed by atoms with E-state index < -0.39 is 5.56 Å². The molecule has 1 saturated heterocycles. The molecule has 0 N–H and O–H groups in total. The van der Waals surface area contributed by atoms with E-state index in [4.69, 9.17) is 11.6 Å². The van der Waals surface area contributed by atoms with Gasteiger partial charge in [0.15, 0.2) is 5.15 Å². The molecule has 2 rings (SSSR count).